The summed E-state index contributed by atoms with van der Waals surface area (Å²) in [4.78, 5) is 12.0. The van der Waals surface area contributed by atoms with Crippen LogP contribution >= 0.6 is 0 Å². The number of rotatable bonds is 8. The molecule has 2 rings (SSSR count). The Hall–Kier alpha value is -2.64. The van der Waals surface area contributed by atoms with Gasteiger partial charge in [-0.05, 0) is 35.9 Å². The third kappa shape index (κ3) is 5.17. The number of benzene rings is 2. The summed E-state index contributed by atoms with van der Waals surface area (Å²) >= 11 is 0. The largest absolute Gasteiger partial charge is 0.497 e. The number of amides is 1. The second kappa shape index (κ2) is 8.46. The number of hydrogen-bond acceptors (Lipinski definition) is 4. The Morgan fingerprint density at radius 2 is 1.92 bits per heavy atom. The van der Waals surface area contributed by atoms with Gasteiger partial charge in [-0.1, -0.05) is 24.3 Å². The van der Waals surface area contributed by atoms with Gasteiger partial charge in [0, 0.05) is 18.7 Å². The van der Waals surface area contributed by atoms with Crippen molar-refractivity contribution in [3.63, 3.8) is 0 Å². The molecule has 2 N–H and O–H groups in total. The predicted octanol–water partition coefficient (Wildman–Crippen LogP) is 2.09. The highest BCUT2D eigenvalue weighted by Gasteiger charge is 2.16. The zero-order valence-electron chi connectivity index (χ0n) is 13.9. The van der Waals surface area contributed by atoms with Gasteiger partial charge in [0.25, 0.3) is 5.91 Å². The number of nitrogens with one attached hydrogen (secondary N) is 2. The van der Waals surface area contributed by atoms with E-state index in [-0.39, 0.29) is 22.9 Å². The zero-order chi connectivity index (χ0) is 18.3. The molecule has 0 saturated carbocycles. The molecule has 0 atom stereocenters. The Bertz CT molecular complexity index is 846. The minimum Gasteiger partial charge on any atom is -0.497 e. The van der Waals surface area contributed by atoms with Crippen molar-refractivity contribution < 1.29 is 17.9 Å². The van der Waals surface area contributed by atoms with Crippen LogP contribution in [0, 0.1) is 0 Å². The average Bonchev–Trinajstić information content (AvgIpc) is 2.65. The van der Waals surface area contributed by atoms with Crippen LogP contribution in [0.1, 0.15) is 15.9 Å². The van der Waals surface area contributed by atoms with Crippen molar-refractivity contribution in [3.8, 4) is 5.75 Å². The summed E-state index contributed by atoms with van der Waals surface area (Å²) in [6.45, 7) is 3.97. The molecule has 0 fully saturated rings. The molecule has 0 bridgehead atoms. The van der Waals surface area contributed by atoms with E-state index >= 15 is 0 Å². The number of sulfonamides is 1. The van der Waals surface area contributed by atoms with E-state index in [0.717, 1.165) is 5.56 Å². The zero-order valence-corrected chi connectivity index (χ0v) is 14.7. The Kier molecular flexibility index (Phi) is 6.32. The van der Waals surface area contributed by atoms with Gasteiger partial charge in [0.05, 0.1) is 12.0 Å². The fraction of sp³-hybridized carbons (Fsp3) is 0.167. The first-order chi connectivity index (χ1) is 12.0. The van der Waals surface area contributed by atoms with E-state index in [4.69, 9.17) is 4.74 Å². The second-order valence-electron chi connectivity index (χ2n) is 5.20. The van der Waals surface area contributed by atoms with Crippen LogP contribution < -0.4 is 14.8 Å². The third-order valence-corrected chi connectivity index (χ3v) is 4.84. The average molecular weight is 360 g/mol. The van der Waals surface area contributed by atoms with Crippen molar-refractivity contribution in [1.29, 1.82) is 0 Å². The van der Waals surface area contributed by atoms with Gasteiger partial charge in [-0.15, -0.1) is 6.58 Å². The van der Waals surface area contributed by atoms with Gasteiger partial charge >= 0.3 is 0 Å². The lowest BCUT2D eigenvalue weighted by molar-refractivity contribution is 0.0958. The second-order valence-corrected chi connectivity index (χ2v) is 6.97. The van der Waals surface area contributed by atoms with Crippen LogP contribution in [0.25, 0.3) is 0 Å². The summed E-state index contributed by atoms with van der Waals surface area (Å²) in [5, 5.41) is 2.61. The van der Waals surface area contributed by atoms with Gasteiger partial charge in [0.1, 0.15) is 5.75 Å². The maximum Gasteiger partial charge on any atom is 0.251 e. The summed E-state index contributed by atoms with van der Waals surface area (Å²) in [5.41, 5.74) is 1.07. The standard InChI is InChI=1S/C18H20N2O4S/c1-3-11-19-18(21)15-5-4-6-17(12-15)25(22,23)20-13-14-7-9-16(24-2)10-8-14/h3-10,12,20H,1,11,13H2,2H3,(H,19,21). The van der Waals surface area contributed by atoms with Crippen LogP contribution in [-0.2, 0) is 16.6 Å². The summed E-state index contributed by atoms with van der Waals surface area (Å²) < 4.78 is 32.5. The fourth-order valence-corrected chi connectivity index (χ4v) is 3.14. The first kappa shape index (κ1) is 18.7. The summed E-state index contributed by atoms with van der Waals surface area (Å²) in [5.74, 6) is 0.344. The molecule has 0 aromatic heterocycles. The summed E-state index contributed by atoms with van der Waals surface area (Å²) in [7, 11) is -2.17. The molecule has 0 radical (unpaired) electrons. The van der Waals surface area contributed by atoms with Gasteiger partial charge < -0.3 is 10.1 Å². The Morgan fingerprint density at radius 1 is 1.20 bits per heavy atom. The summed E-state index contributed by atoms with van der Waals surface area (Å²) in [6.07, 6.45) is 1.55. The van der Waals surface area contributed by atoms with E-state index in [9.17, 15) is 13.2 Å². The van der Waals surface area contributed by atoms with E-state index in [1.807, 2.05) is 0 Å². The number of carbonyl (C=O) groups excluding carboxylic acids is 1. The molecule has 0 aliphatic carbocycles. The monoisotopic (exact) mass is 360 g/mol. The van der Waals surface area contributed by atoms with Gasteiger partial charge in [0.2, 0.25) is 10.0 Å². The lowest BCUT2D eigenvalue weighted by atomic mass is 10.2. The number of methoxy groups -OCH3 is 1. The molecule has 0 spiro atoms. The van der Waals surface area contributed by atoms with E-state index in [0.29, 0.717) is 12.3 Å². The highest BCUT2D eigenvalue weighted by atomic mass is 32.2. The van der Waals surface area contributed by atoms with Crippen molar-refractivity contribution >= 4 is 15.9 Å². The Labute approximate surface area is 147 Å². The topological polar surface area (TPSA) is 84.5 Å². The molecule has 2 aromatic carbocycles. The minimum atomic E-state index is -3.73. The number of ether oxygens (including phenoxy) is 1. The fourth-order valence-electron chi connectivity index (χ4n) is 2.08. The maximum atomic E-state index is 12.4. The van der Waals surface area contributed by atoms with Crippen LogP contribution in [0.4, 0.5) is 0 Å². The normalized spacial score (nSPS) is 10.9. The van der Waals surface area contributed by atoms with E-state index in [2.05, 4.69) is 16.6 Å². The number of hydrogen-bond donors (Lipinski definition) is 2. The van der Waals surface area contributed by atoms with Crippen molar-refractivity contribution in [2.75, 3.05) is 13.7 Å². The molecule has 0 aliphatic heterocycles. The molecule has 25 heavy (non-hydrogen) atoms. The van der Waals surface area contributed by atoms with E-state index < -0.39 is 10.0 Å². The molecule has 0 aliphatic rings. The summed E-state index contributed by atoms with van der Waals surface area (Å²) in [6, 6.07) is 12.9. The smallest absolute Gasteiger partial charge is 0.251 e. The Balaban J connectivity index is 2.10. The maximum absolute atomic E-state index is 12.4. The van der Waals surface area contributed by atoms with Crippen LogP contribution in [-0.4, -0.2) is 28.0 Å². The van der Waals surface area contributed by atoms with E-state index in [1.54, 1.807) is 43.5 Å². The van der Waals surface area contributed by atoms with Crippen molar-refractivity contribution in [1.82, 2.24) is 10.0 Å². The van der Waals surface area contributed by atoms with Crippen molar-refractivity contribution in [3.05, 3.63) is 72.3 Å². The van der Waals surface area contributed by atoms with Gasteiger partial charge in [-0.3, -0.25) is 4.79 Å². The molecule has 6 nitrogen and oxygen atoms in total. The van der Waals surface area contributed by atoms with Gasteiger partial charge in [0.15, 0.2) is 0 Å². The van der Waals surface area contributed by atoms with Crippen LogP contribution in [0.5, 0.6) is 5.75 Å². The third-order valence-electron chi connectivity index (χ3n) is 3.44. The molecule has 0 heterocycles. The van der Waals surface area contributed by atoms with Crippen molar-refractivity contribution in [2.24, 2.45) is 0 Å². The Morgan fingerprint density at radius 3 is 2.56 bits per heavy atom. The first-order valence-corrected chi connectivity index (χ1v) is 9.06. The van der Waals surface area contributed by atoms with E-state index in [1.165, 1.54) is 18.2 Å². The van der Waals surface area contributed by atoms with Crippen molar-refractivity contribution in [2.45, 2.75) is 11.4 Å². The molecule has 1 amide bonds. The molecule has 132 valence electrons. The highest BCUT2D eigenvalue weighted by molar-refractivity contribution is 7.89. The molecule has 7 heteroatoms. The SMILES string of the molecule is C=CCNC(=O)c1cccc(S(=O)(=O)NCc2ccc(OC)cc2)c1. The van der Waals surface area contributed by atoms with Gasteiger partial charge in [-0.2, -0.15) is 0 Å². The predicted molar refractivity (Wildman–Crippen MR) is 96.0 cm³/mol. The molecular formula is C18H20N2O4S. The molecule has 0 unspecified atom stereocenters. The van der Waals surface area contributed by atoms with Gasteiger partial charge in [-0.25, -0.2) is 13.1 Å². The first-order valence-electron chi connectivity index (χ1n) is 7.58. The lowest BCUT2D eigenvalue weighted by Gasteiger charge is -2.09. The number of carbonyl (C=O) groups is 1. The molecule has 0 saturated heterocycles. The van der Waals surface area contributed by atoms with Crippen LogP contribution in [0.15, 0.2) is 66.1 Å². The van der Waals surface area contributed by atoms with Crippen LogP contribution in [0.2, 0.25) is 0 Å². The van der Waals surface area contributed by atoms with Crippen LogP contribution in [0.3, 0.4) is 0 Å². The molecular weight excluding hydrogens is 340 g/mol. The quantitative estimate of drug-likeness (QED) is 0.706. The highest BCUT2D eigenvalue weighted by Crippen LogP contribution is 2.14. The minimum absolute atomic E-state index is 0.0345. The lowest BCUT2D eigenvalue weighted by Crippen LogP contribution is -2.25. The molecule has 2 aromatic rings.